The molecule has 7 heteroatoms. The number of benzene rings is 1. The fourth-order valence-corrected chi connectivity index (χ4v) is 3.13. The molecule has 2 heterocycles. The van der Waals surface area contributed by atoms with Crippen molar-refractivity contribution >= 4 is 67.3 Å². The highest BCUT2D eigenvalue weighted by atomic mass is 79.9. The molecule has 96 valence electrons. The zero-order chi connectivity index (χ0) is 13.4. The Hall–Kier alpha value is -1.18. The summed E-state index contributed by atoms with van der Waals surface area (Å²) in [6, 6.07) is 5.96. The second kappa shape index (κ2) is 5.07. The van der Waals surface area contributed by atoms with Gasteiger partial charge in [0.25, 0.3) is 5.91 Å². The number of fused-ring (bicyclic) bond motifs is 1. The predicted molar refractivity (Wildman–Crippen MR) is 85.5 cm³/mol. The summed E-state index contributed by atoms with van der Waals surface area (Å²) < 4.78 is 1.50. The van der Waals surface area contributed by atoms with Gasteiger partial charge in [-0.25, -0.2) is 0 Å². The van der Waals surface area contributed by atoms with E-state index in [0.29, 0.717) is 10.1 Å². The molecule has 0 bridgehead atoms. The Morgan fingerprint density at radius 2 is 2.37 bits per heavy atom. The quantitative estimate of drug-likeness (QED) is 0.666. The number of H-pyrrole nitrogens is 1. The summed E-state index contributed by atoms with van der Waals surface area (Å²) in [6.45, 7) is 0. The van der Waals surface area contributed by atoms with Gasteiger partial charge in [0, 0.05) is 27.1 Å². The minimum absolute atomic E-state index is 0.0766. The van der Waals surface area contributed by atoms with Gasteiger partial charge in [-0.3, -0.25) is 4.79 Å². The lowest BCUT2D eigenvalue weighted by atomic mass is 10.2. The van der Waals surface area contributed by atoms with Crippen molar-refractivity contribution in [2.24, 2.45) is 5.10 Å². The zero-order valence-electron chi connectivity index (χ0n) is 9.59. The van der Waals surface area contributed by atoms with Crippen LogP contribution in [0.15, 0.2) is 34.0 Å². The average Bonchev–Trinajstić information content (AvgIpc) is 2.92. The molecule has 1 N–H and O–H groups in total. The third-order valence-electron chi connectivity index (χ3n) is 2.72. The van der Waals surface area contributed by atoms with E-state index in [1.54, 1.807) is 6.21 Å². The smallest absolute Gasteiger partial charge is 0.259 e. The van der Waals surface area contributed by atoms with Crippen LogP contribution in [-0.4, -0.2) is 32.2 Å². The lowest BCUT2D eigenvalue weighted by molar-refractivity contribution is -0.123. The number of nitrogens with zero attached hydrogens (tertiary/aromatic N) is 2. The molecule has 1 saturated heterocycles. The molecule has 0 radical (unpaired) electrons. The zero-order valence-corrected chi connectivity index (χ0v) is 12.8. The van der Waals surface area contributed by atoms with Crippen molar-refractivity contribution < 1.29 is 4.79 Å². The largest absolute Gasteiger partial charge is 0.361 e. The Kier molecular flexibility index (Phi) is 3.42. The van der Waals surface area contributed by atoms with Gasteiger partial charge in [-0.05, 0) is 18.2 Å². The first-order chi connectivity index (χ1) is 9.15. The van der Waals surface area contributed by atoms with Crippen LogP contribution < -0.4 is 0 Å². The molecule has 1 aliphatic rings. The number of hydrogen-bond acceptors (Lipinski definition) is 4. The Labute approximate surface area is 127 Å². The molecule has 1 fully saturated rings. The molecule has 2 aromatic rings. The van der Waals surface area contributed by atoms with Crippen LogP contribution in [0, 0.1) is 0 Å². The SMILES string of the molecule is O=C1CSC(=S)N1N=Cc1c[nH]c2ccc(Br)cc12. The van der Waals surface area contributed by atoms with Crippen LogP contribution in [0.2, 0.25) is 0 Å². The Balaban J connectivity index is 1.95. The normalized spacial score (nSPS) is 16.2. The van der Waals surface area contributed by atoms with E-state index in [9.17, 15) is 4.79 Å². The van der Waals surface area contributed by atoms with E-state index in [1.807, 2.05) is 24.4 Å². The van der Waals surface area contributed by atoms with E-state index in [4.69, 9.17) is 12.2 Å². The van der Waals surface area contributed by atoms with E-state index in [1.165, 1.54) is 16.8 Å². The van der Waals surface area contributed by atoms with E-state index >= 15 is 0 Å². The molecule has 0 spiro atoms. The number of thioether (sulfide) groups is 1. The summed E-state index contributed by atoms with van der Waals surface area (Å²) >= 11 is 9.84. The summed E-state index contributed by atoms with van der Waals surface area (Å²) in [5.41, 5.74) is 1.94. The van der Waals surface area contributed by atoms with Gasteiger partial charge in [0.2, 0.25) is 0 Å². The number of hydrogen-bond donors (Lipinski definition) is 1. The predicted octanol–water partition coefficient (Wildman–Crippen LogP) is 3.12. The van der Waals surface area contributed by atoms with Crippen molar-refractivity contribution in [2.45, 2.75) is 0 Å². The molecule has 1 amide bonds. The van der Waals surface area contributed by atoms with Gasteiger partial charge in [-0.15, -0.1) is 0 Å². The van der Waals surface area contributed by atoms with Crippen molar-refractivity contribution in [1.82, 2.24) is 9.99 Å². The standard InChI is InChI=1S/C12H8BrN3OS2/c13-8-1-2-10-9(3-8)7(4-14-10)5-15-16-11(17)6-19-12(16)18/h1-5,14H,6H2. The topological polar surface area (TPSA) is 48.5 Å². The number of amides is 1. The van der Waals surface area contributed by atoms with Crippen LogP contribution in [0.1, 0.15) is 5.56 Å². The molecule has 0 atom stereocenters. The highest BCUT2D eigenvalue weighted by Gasteiger charge is 2.25. The molecule has 0 saturated carbocycles. The molecule has 4 nitrogen and oxygen atoms in total. The Bertz CT molecular complexity index is 694. The molecule has 0 aliphatic carbocycles. The molecular formula is C12H8BrN3OS2. The second-order valence-electron chi connectivity index (χ2n) is 3.94. The lowest BCUT2D eigenvalue weighted by Gasteiger charge is -2.05. The van der Waals surface area contributed by atoms with Gasteiger partial charge >= 0.3 is 0 Å². The fourth-order valence-electron chi connectivity index (χ4n) is 1.80. The third-order valence-corrected chi connectivity index (χ3v) is 4.55. The molecule has 19 heavy (non-hydrogen) atoms. The summed E-state index contributed by atoms with van der Waals surface area (Å²) in [5, 5.41) is 6.49. The van der Waals surface area contributed by atoms with Gasteiger partial charge in [0.15, 0.2) is 4.32 Å². The lowest BCUT2D eigenvalue weighted by Crippen LogP contribution is -2.22. The summed E-state index contributed by atoms with van der Waals surface area (Å²) in [6.07, 6.45) is 3.51. The van der Waals surface area contributed by atoms with Crippen LogP contribution in [0.4, 0.5) is 0 Å². The molecule has 1 aromatic heterocycles. The van der Waals surface area contributed by atoms with Crippen LogP contribution >= 0.6 is 39.9 Å². The van der Waals surface area contributed by atoms with Gasteiger partial charge in [0.1, 0.15) is 0 Å². The first-order valence-corrected chi connectivity index (χ1v) is 7.64. The average molecular weight is 354 g/mol. The van der Waals surface area contributed by atoms with Crippen LogP contribution in [0.3, 0.4) is 0 Å². The maximum atomic E-state index is 11.6. The highest BCUT2D eigenvalue weighted by Crippen LogP contribution is 2.23. The minimum atomic E-state index is -0.0766. The number of hydrazone groups is 1. The molecule has 1 aromatic carbocycles. The van der Waals surface area contributed by atoms with E-state index in [0.717, 1.165) is 20.9 Å². The number of aromatic nitrogens is 1. The van der Waals surface area contributed by atoms with Crippen molar-refractivity contribution in [3.63, 3.8) is 0 Å². The molecular weight excluding hydrogens is 346 g/mol. The Morgan fingerprint density at radius 1 is 1.53 bits per heavy atom. The number of thiocarbonyl (C=S) groups is 1. The maximum Gasteiger partial charge on any atom is 0.259 e. The van der Waals surface area contributed by atoms with Crippen molar-refractivity contribution in [2.75, 3.05) is 5.75 Å². The number of halogens is 1. The molecule has 0 unspecified atom stereocenters. The van der Waals surface area contributed by atoms with Crippen molar-refractivity contribution in [3.8, 4) is 0 Å². The fraction of sp³-hybridized carbons (Fsp3) is 0.0833. The van der Waals surface area contributed by atoms with Gasteiger partial charge < -0.3 is 4.98 Å². The number of rotatable bonds is 2. The molecule has 3 rings (SSSR count). The summed E-state index contributed by atoms with van der Waals surface area (Å²) in [7, 11) is 0. The first-order valence-electron chi connectivity index (χ1n) is 5.45. The van der Waals surface area contributed by atoms with E-state index in [2.05, 4.69) is 26.0 Å². The maximum absolute atomic E-state index is 11.6. The molecule has 1 aliphatic heterocycles. The summed E-state index contributed by atoms with van der Waals surface area (Å²) in [4.78, 5) is 14.7. The van der Waals surface area contributed by atoms with Crippen LogP contribution in [-0.2, 0) is 4.79 Å². The van der Waals surface area contributed by atoms with Crippen molar-refractivity contribution in [3.05, 3.63) is 34.4 Å². The first kappa shape index (κ1) is 12.8. The summed E-state index contributed by atoms with van der Waals surface area (Å²) in [5.74, 6) is 0.294. The minimum Gasteiger partial charge on any atom is -0.361 e. The van der Waals surface area contributed by atoms with Gasteiger partial charge in [0.05, 0.1) is 12.0 Å². The number of aromatic amines is 1. The van der Waals surface area contributed by atoms with E-state index in [-0.39, 0.29) is 5.91 Å². The van der Waals surface area contributed by atoms with Crippen LogP contribution in [0.5, 0.6) is 0 Å². The van der Waals surface area contributed by atoms with Gasteiger partial charge in [-0.2, -0.15) is 10.1 Å². The van der Waals surface area contributed by atoms with Crippen LogP contribution in [0.25, 0.3) is 10.9 Å². The van der Waals surface area contributed by atoms with Gasteiger partial charge in [-0.1, -0.05) is 39.9 Å². The Morgan fingerprint density at radius 3 is 3.11 bits per heavy atom. The number of nitrogens with one attached hydrogen (secondary N) is 1. The number of carbonyl (C=O) groups is 1. The second-order valence-corrected chi connectivity index (χ2v) is 6.46. The monoisotopic (exact) mass is 353 g/mol. The highest BCUT2D eigenvalue weighted by molar-refractivity contribution is 9.10. The van der Waals surface area contributed by atoms with Crippen molar-refractivity contribution in [1.29, 1.82) is 0 Å². The third kappa shape index (κ3) is 2.45. The number of carbonyl (C=O) groups excluding carboxylic acids is 1. The van der Waals surface area contributed by atoms with E-state index < -0.39 is 0 Å².